The molecular weight excluding hydrogens is 384 g/mol. The first-order valence-electron chi connectivity index (χ1n) is 4.48. The fourth-order valence-corrected chi connectivity index (χ4v) is 2.84. The van der Waals surface area contributed by atoms with Gasteiger partial charge in [-0.05, 0) is 24.6 Å². The topological polar surface area (TPSA) is 46.2 Å². The zero-order valence-corrected chi connectivity index (χ0v) is 12.7. The largest absolute Gasteiger partial charge is 0.240 e. The average Bonchev–Trinajstić information content (AvgIpc) is 2.22. The lowest BCUT2D eigenvalue weighted by molar-refractivity contribution is 0.581. The van der Waals surface area contributed by atoms with Crippen molar-refractivity contribution in [2.45, 2.75) is 11.3 Å². The molecule has 0 atom stereocenters. The van der Waals surface area contributed by atoms with E-state index in [0.717, 1.165) is 10.8 Å². The highest BCUT2D eigenvalue weighted by molar-refractivity contribution is 14.1. The molecule has 0 spiro atoms. The average molecular weight is 394 g/mol. The van der Waals surface area contributed by atoms with E-state index in [2.05, 4.69) is 27.3 Å². The van der Waals surface area contributed by atoms with Crippen molar-refractivity contribution in [1.29, 1.82) is 0 Å². The maximum absolute atomic E-state index is 11.8. The summed E-state index contributed by atoms with van der Waals surface area (Å²) in [6.07, 6.45) is 0.793. The molecule has 0 unspecified atom stereocenters. The first kappa shape index (κ1) is 14.5. The molecule has 90 valence electrons. The molecule has 0 saturated carbocycles. The molecule has 0 saturated heterocycles. The highest BCUT2D eigenvalue weighted by atomic mass is 127. The quantitative estimate of drug-likeness (QED) is 0.474. The van der Waals surface area contributed by atoms with Crippen LogP contribution in [-0.4, -0.2) is 19.4 Å². The smallest absolute Gasteiger partial charge is 0.211 e. The van der Waals surface area contributed by atoms with Crippen LogP contribution in [0.3, 0.4) is 0 Å². The van der Waals surface area contributed by atoms with Crippen LogP contribution in [0.15, 0.2) is 23.1 Å². The van der Waals surface area contributed by atoms with Gasteiger partial charge in [-0.15, -0.1) is 0 Å². The van der Waals surface area contributed by atoms with E-state index in [4.69, 9.17) is 23.2 Å². The Kier molecular flexibility index (Phi) is 5.79. The van der Waals surface area contributed by atoms with Crippen LogP contribution in [0.5, 0.6) is 0 Å². The Morgan fingerprint density at radius 3 is 2.50 bits per heavy atom. The lowest BCUT2D eigenvalue weighted by Crippen LogP contribution is -2.24. The third-order valence-corrected chi connectivity index (χ3v) is 4.76. The summed E-state index contributed by atoms with van der Waals surface area (Å²) in [4.78, 5) is 0.135. The van der Waals surface area contributed by atoms with Gasteiger partial charge < -0.3 is 0 Å². The van der Waals surface area contributed by atoms with Crippen molar-refractivity contribution in [3.63, 3.8) is 0 Å². The molecule has 1 aromatic rings. The van der Waals surface area contributed by atoms with E-state index < -0.39 is 10.0 Å². The van der Waals surface area contributed by atoms with Gasteiger partial charge in [0, 0.05) is 11.0 Å². The number of nitrogens with one attached hydrogen (secondary N) is 1. The number of benzene rings is 1. The number of halogens is 3. The van der Waals surface area contributed by atoms with Crippen LogP contribution < -0.4 is 4.72 Å². The van der Waals surface area contributed by atoms with Crippen LogP contribution >= 0.6 is 45.8 Å². The predicted molar refractivity (Wildman–Crippen MR) is 75.2 cm³/mol. The molecule has 1 N–H and O–H groups in total. The van der Waals surface area contributed by atoms with E-state index in [1.54, 1.807) is 0 Å². The lowest BCUT2D eigenvalue weighted by Gasteiger charge is -2.06. The second kappa shape index (κ2) is 6.39. The Morgan fingerprint density at radius 2 is 1.94 bits per heavy atom. The number of hydrogen-bond acceptors (Lipinski definition) is 2. The Balaban J connectivity index is 2.86. The lowest BCUT2D eigenvalue weighted by atomic mass is 10.4. The molecule has 0 fully saturated rings. The summed E-state index contributed by atoms with van der Waals surface area (Å²) in [5.74, 6) is 0. The summed E-state index contributed by atoms with van der Waals surface area (Å²) >= 11 is 13.7. The number of rotatable bonds is 5. The van der Waals surface area contributed by atoms with Crippen LogP contribution in [0.4, 0.5) is 0 Å². The SMILES string of the molecule is O=S(=O)(NCCCI)c1ccc(Cl)c(Cl)c1. The van der Waals surface area contributed by atoms with Gasteiger partial charge in [-0.25, -0.2) is 13.1 Å². The predicted octanol–water partition coefficient (Wildman–Crippen LogP) is 3.10. The highest BCUT2D eigenvalue weighted by Gasteiger charge is 2.14. The molecular formula is C9H10Cl2INO2S. The van der Waals surface area contributed by atoms with E-state index >= 15 is 0 Å². The van der Waals surface area contributed by atoms with Gasteiger partial charge in [-0.1, -0.05) is 45.8 Å². The van der Waals surface area contributed by atoms with Crippen LogP contribution in [0.25, 0.3) is 0 Å². The zero-order chi connectivity index (χ0) is 12.2. The second-order valence-corrected chi connectivity index (χ2v) is 6.68. The fourth-order valence-electron chi connectivity index (χ4n) is 1.00. The van der Waals surface area contributed by atoms with Crippen LogP contribution in [-0.2, 0) is 10.0 Å². The fraction of sp³-hybridized carbons (Fsp3) is 0.333. The van der Waals surface area contributed by atoms with Crippen molar-refractivity contribution in [3.05, 3.63) is 28.2 Å². The van der Waals surface area contributed by atoms with E-state index in [1.165, 1.54) is 18.2 Å². The van der Waals surface area contributed by atoms with E-state index in [-0.39, 0.29) is 9.92 Å². The second-order valence-electron chi connectivity index (χ2n) is 3.02. The molecule has 7 heteroatoms. The molecule has 0 aliphatic rings. The minimum Gasteiger partial charge on any atom is -0.211 e. The molecule has 1 aromatic carbocycles. The molecule has 0 heterocycles. The Labute approximate surface area is 119 Å². The standard InChI is InChI=1S/C9H10Cl2INO2S/c10-8-3-2-7(6-9(8)11)16(14,15)13-5-1-4-12/h2-3,6,13H,1,4-5H2. The summed E-state index contributed by atoms with van der Waals surface area (Å²) in [7, 11) is -3.47. The van der Waals surface area contributed by atoms with Crippen molar-refractivity contribution in [3.8, 4) is 0 Å². The van der Waals surface area contributed by atoms with Gasteiger partial charge >= 0.3 is 0 Å². The number of sulfonamides is 1. The maximum atomic E-state index is 11.8. The van der Waals surface area contributed by atoms with E-state index in [1.807, 2.05) is 0 Å². The van der Waals surface area contributed by atoms with Crippen molar-refractivity contribution in [2.75, 3.05) is 11.0 Å². The molecule has 0 aromatic heterocycles. The zero-order valence-electron chi connectivity index (χ0n) is 8.21. The number of hydrogen-bond donors (Lipinski definition) is 1. The minimum atomic E-state index is -3.47. The normalized spacial score (nSPS) is 11.7. The molecule has 0 amide bonds. The number of alkyl halides is 1. The molecule has 3 nitrogen and oxygen atoms in total. The summed E-state index contributed by atoms with van der Waals surface area (Å²) < 4.78 is 26.9. The van der Waals surface area contributed by atoms with E-state index in [9.17, 15) is 8.42 Å². The summed E-state index contributed by atoms with van der Waals surface area (Å²) in [5.41, 5.74) is 0. The summed E-state index contributed by atoms with van der Waals surface area (Å²) in [6.45, 7) is 0.422. The van der Waals surface area contributed by atoms with Crippen molar-refractivity contribution < 1.29 is 8.42 Å². The molecule has 0 aliphatic heterocycles. The van der Waals surface area contributed by atoms with Crippen LogP contribution in [0.2, 0.25) is 10.0 Å². The summed E-state index contributed by atoms with van der Waals surface area (Å²) in [6, 6.07) is 4.24. The van der Waals surface area contributed by atoms with Crippen LogP contribution in [0, 0.1) is 0 Å². The first-order chi connectivity index (χ1) is 7.47. The van der Waals surface area contributed by atoms with Gasteiger partial charge in [0.25, 0.3) is 0 Å². The molecule has 0 aliphatic carbocycles. The Hall–Kier alpha value is 0.440. The monoisotopic (exact) mass is 393 g/mol. The van der Waals surface area contributed by atoms with Crippen molar-refractivity contribution in [2.24, 2.45) is 0 Å². The van der Waals surface area contributed by atoms with E-state index in [0.29, 0.717) is 11.6 Å². The van der Waals surface area contributed by atoms with Crippen molar-refractivity contribution in [1.82, 2.24) is 4.72 Å². The van der Waals surface area contributed by atoms with Gasteiger partial charge in [0.05, 0.1) is 14.9 Å². The van der Waals surface area contributed by atoms with Gasteiger partial charge in [-0.3, -0.25) is 0 Å². The third-order valence-electron chi connectivity index (χ3n) is 1.80. The van der Waals surface area contributed by atoms with Gasteiger partial charge in [0.1, 0.15) is 0 Å². The molecule has 0 bridgehead atoms. The summed E-state index contributed by atoms with van der Waals surface area (Å²) in [5, 5.41) is 0.575. The van der Waals surface area contributed by atoms with Gasteiger partial charge in [0.2, 0.25) is 10.0 Å². The third kappa shape index (κ3) is 4.03. The van der Waals surface area contributed by atoms with Crippen LogP contribution in [0.1, 0.15) is 6.42 Å². The highest BCUT2D eigenvalue weighted by Crippen LogP contribution is 2.24. The van der Waals surface area contributed by atoms with Gasteiger partial charge in [-0.2, -0.15) is 0 Å². The Bertz CT molecular complexity index is 465. The van der Waals surface area contributed by atoms with Crippen molar-refractivity contribution >= 4 is 55.8 Å². The Morgan fingerprint density at radius 1 is 1.25 bits per heavy atom. The van der Waals surface area contributed by atoms with Gasteiger partial charge in [0.15, 0.2) is 0 Å². The molecule has 1 rings (SSSR count). The first-order valence-corrected chi connectivity index (χ1v) is 8.24. The minimum absolute atomic E-state index is 0.135. The maximum Gasteiger partial charge on any atom is 0.240 e. The molecule has 16 heavy (non-hydrogen) atoms. The molecule has 0 radical (unpaired) electrons.